The fraction of sp³-hybridized carbons (Fsp3) is 0.588. The molecule has 0 aromatic carbocycles. The van der Waals surface area contributed by atoms with Crippen molar-refractivity contribution in [3.63, 3.8) is 0 Å². The Hall–Kier alpha value is -1.95. The number of aliphatic hydroxyl groups is 1. The zero-order valence-electron chi connectivity index (χ0n) is 14.8. The first-order chi connectivity index (χ1) is 10.7. The van der Waals surface area contributed by atoms with Crippen molar-refractivity contribution in [3.05, 3.63) is 23.0 Å². The molecule has 0 radical (unpaired) electrons. The molecule has 0 aliphatic carbocycles. The van der Waals surface area contributed by atoms with E-state index in [0.29, 0.717) is 11.2 Å². The molecule has 2 aromatic heterocycles. The summed E-state index contributed by atoms with van der Waals surface area (Å²) in [5.74, 6) is -0.109. The molecule has 23 heavy (non-hydrogen) atoms. The Morgan fingerprint density at radius 3 is 2.74 bits per heavy atom. The number of fused-ring (bicyclic) bond motifs is 1. The zero-order valence-corrected chi connectivity index (χ0v) is 14.8. The van der Waals surface area contributed by atoms with E-state index >= 15 is 0 Å². The molecular weight excluding hydrogens is 292 g/mol. The van der Waals surface area contributed by atoms with Crippen molar-refractivity contribution in [1.82, 2.24) is 20.1 Å². The number of nitrogens with zero attached hydrogens (tertiary/aromatic N) is 3. The fourth-order valence-corrected chi connectivity index (χ4v) is 2.72. The van der Waals surface area contributed by atoms with Crippen molar-refractivity contribution in [1.29, 1.82) is 0 Å². The van der Waals surface area contributed by atoms with Gasteiger partial charge in [-0.25, -0.2) is 4.98 Å². The van der Waals surface area contributed by atoms with Crippen LogP contribution in [-0.4, -0.2) is 37.9 Å². The van der Waals surface area contributed by atoms with Crippen LogP contribution in [0, 0.1) is 19.8 Å². The Labute approximate surface area is 136 Å². The third kappa shape index (κ3) is 3.37. The lowest BCUT2D eigenvalue weighted by molar-refractivity contribution is 0.00594. The largest absolute Gasteiger partial charge is 0.388 e. The number of carbonyl (C=O) groups excluding carboxylic acids is 1. The van der Waals surface area contributed by atoms with Crippen molar-refractivity contribution >= 4 is 16.9 Å². The normalized spacial score (nSPS) is 15.4. The molecule has 2 aromatic rings. The summed E-state index contributed by atoms with van der Waals surface area (Å²) >= 11 is 0. The minimum Gasteiger partial charge on any atom is -0.388 e. The lowest BCUT2D eigenvalue weighted by Gasteiger charge is -2.29. The molecule has 2 N–H and O–H groups in total. The highest BCUT2D eigenvalue weighted by molar-refractivity contribution is 6.06. The molecule has 0 aliphatic rings. The first-order valence-electron chi connectivity index (χ1n) is 7.99. The van der Waals surface area contributed by atoms with Crippen molar-refractivity contribution in [2.45, 2.75) is 46.6 Å². The molecule has 2 rings (SSSR count). The maximum atomic E-state index is 12.6. The Morgan fingerprint density at radius 2 is 2.13 bits per heavy atom. The van der Waals surface area contributed by atoms with Gasteiger partial charge in [-0.15, -0.1) is 0 Å². The molecule has 6 heteroatoms. The predicted molar refractivity (Wildman–Crippen MR) is 90.4 cm³/mol. The number of aromatic nitrogens is 3. The molecule has 2 heterocycles. The summed E-state index contributed by atoms with van der Waals surface area (Å²) in [5, 5.41) is 18.4. The van der Waals surface area contributed by atoms with Gasteiger partial charge in [0.25, 0.3) is 5.91 Å². The van der Waals surface area contributed by atoms with Crippen LogP contribution in [0.5, 0.6) is 0 Å². The Balaban J connectivity index is 2.32. The highest BCUT2D eigenvalue weighted by Crippen LogP contribution is 2.22. The van der Waals surface area contributed by atoms with Gasteiger partial charge < -0.3 is 10.4 Å². The first-order valence-corrected chi connectivity index (χ1v) is 7.99. The molecule has 2 atom stereocenters. The Bertz CT molecular complexity index is 734. The summed E-state index contributed by atoms with van der Waals surface area (Å²) in [5.41, 5.74) is 1.85. The van der Waals surface area contributed by atoms with Gasteiger partial charge in [0.2, 0.25) is 0 Å². The average Bonchev–Trinajstić information content (AvgIpc) is 2.77. The monoisotopic (exact) mass is 318 g/mol. The Kier molecular flexibility index (Phi) is 4.75. The fourth-order valence-electron chi connectivity index (χ4n) is 2.72. The quantitative estimate of drug-likeness (QED) is 0.885. The second kappa shape index (κ2) is 6.28. The van der Waals surface area contributed by atoms with Crippen LogP contribution in [0.25, 0.3) is 11.0 Å². The summed E-state index contributed by atoms with van der Waals surface area (Å²) in [4.78, 5) is 17.1. The number of pyridine rings is 1. The van der Waals surface area contributed by atoms with Gasteiger partial charge in [-0.1, -0.05) is 20.3 Å². The second-order valence-corrected chi connectivity index (χ2v) is 6.57. The molecule has 0 bridgehead atoms. The highest BCUT2D eigenvalue weighted by Gasteiger charge is 2.28. The lowest BCUT2D eigenvalue weighted by atomic mass is 9.88. The van der Waals surface area contributed by atoms with E-state index < -0.39 is 5.60 Å². The van der Waals surface area contributed by atoms with Gasteiger partial charge in [0.05, 0.1) is 22.2 Å². The van der Waals surface area contributed by atoms with Crippen LogP contribution in [0.15, 0.2) is 6.07 Å². The van der Waals surface area contributed by atoms with Crippen LogP contribution in [0.1, 0.15) is 48.9 Å². The lowest BCUT2D eigenvalue weighted by Crippen LogP contribution is -2.45. The first kappa shape index (κ1) is 17.4. The third-order valence-corrected chi connectivity index (χ3v) is 4.62. The Morgan fingerprint density at radius 1 is 1.48 bits per heavy atom. The summed E-state index contributed by atoms with van der Waals surface area (Å²) < 4.78 is 1.68. The summed E-state index contributed by atoms with van der Waals surface area (Å²) in [6.07, 6.45) is 0.850. The maximum Gasteiger partial charge on any atom is 0.252 e. The van der Waals surface area contributed by atoms with Crippen molar-refractivity contribution in [3.8, 4) is 0 Å². The van der Waals surface area contributed by atoms with Crippen LogP contribution in [-0.2, 0) is 7.05 Å². The molecule has 0 fully saturated rings. The molecule has 6 nitrogen and oxygen atoms in total. The molecule has 0 saturated heterocycles. The van der Waals surface area contributed by atoms with Gasteiger partial charge in [0, 0.05) is 19.3 Å². The van der Waals surface area contributed by atoms with Gasteiger partial charge in [0.15, 0.2) is 5.65 Å². The minimum atomic E-state index is -0.935. The predicted octanol–water partition coefficient (Wildman–Crippen LogP) is 2.11. The minimum absolute atomic E-state index is 0.0992. The number of rotatable bonds is 5. The van der Waals surface area contributed by atoms with E-state index in [1.54, 1.807) is 17.7 Å². The number of nitrogens with one attached hydrogen (secondary N) is 1. The number of amides is 1. The van der Waals surface area contributed by atoms with Gasteiger partial charge in [-0.2, -0.15) is 5.10 Å². The second-order valence-electron chi connectivity index (χ2n) is 6.57. The van der Waals surface area contributed by atoms with E-state index in [9.17, 15) is 9.90 Å². The highest BCUT2D eigenvalue weighted by atomic mass is 16.3. The van der Waals surface area contributed by atoms with E-state index in [2.05, 4.69) is 15.4 Å². The average molecular weight is 318 g/mol. The van der Waals surface area contributed by atoms with Crippen LogP contribution < -0.4 is 5.32 Å². The van der Waals surface area contributed by atoms with Crippen LogP contribution in [0.3, 0.4) is 0 Å². The van der Waals surface area contributed by atoms with Crippen molar-refractivity contribution in [2.75, 3.05) is 6.54 Å². The van der Waals surface area contributed by atoms with Crippen molar-refractivity contribution in [2.24, 2.45) is 13.0 Å². The molecule has 0 spiro atoms. The number of aryl methyl sites for hydroxylation is 3. The summed E-state index contributed by atoms with van der Waals surface area (Å²) in [7, 11) is 1.82. The molecule has 1 amide bonds. The molecule has 2 unspecified atom stereocenters. The van der Waals surface area contributed by atoms with E-state index in [4.69, 9.17) is 0 Å². The zero-order chi connectivity index (χ0) is 17.4. The van der Waals surface area contributed by atoms with Gasteiger partial charge in [-0.05, 0) is 32.8 Å². The summed E-state index contributed by atoms with van der Waals surface area (Å²) in [6.45, 7) is 9.69. The number of carbonyl (C=O) groups is 1. The van der Waals surface area contributed by atoms with E-state index in [1.807, 2.05) is 34.7 Å². The van der Waals surface area contributed by atoms with Gasteiger partial charge in [-0.3, -0.25) is 9.48 Å². The van der Waals surface area contributed by atoms with Gasteiger partial charge in [0.1, 0.15) is 0 Å². The number of hydrogen-bond donors (Lipinski definition) is 2. The summed E-state index contributed by atoms with van der Waals surface area (Å²) in [6, 6.07) is 1.77. The smallest absolute Gasteiger partial charge is 0.252 e. The maximum absolute atomic E-state index is 12.6. The van der Waals surface area contributed by atoms with E-state index in [-0.39, 0.29) is 18.4 Å². The molecular formula is C17H26N4O2. The van der Waals surface area contributed by atoms with Gasteiger partial charge >= 0.3 is 0 Å². The standard InChI is InChI=1S/C17H26N4O2/c1-7-10(2)17(5,23)9-18-16(22)13-8-11(3)19-15-14(13)12(4)20-21(15)6/h8,10,23H,7,9H2,1-6H3,(H,18,22). The van der Waals surface area contributed by atoms with Crippen LogP contribution in [0.4, 0.5) is 0 Å². The van der Waals surface area contributed by atoms with E-state index in [0.717, 1.165) is 23.2 Å². The molecule has 0 aliphatic heterocycles. The molecule has 0 saturated carbocycles. The van der Waals surface area contributed by atoms with Crippen molar-refractivity contribution < 1.29 is 9.90 Å². The topological polar surface area (TPSA) is 80.0 Å². The third-order valence-electron chi connectivity index (χ3n) is 4.62. The number of hydrogen-bond acceptors (Lipinski definition) is 4. The molecule has 126 valence electrons. The van der Waals surface area contributed by atoms with Crippen LogP contribution in [0.2, 0.25) is 0 Å². The van der Waals surface area contributed by atoms with E-state index in [1.165, 1.54) is 0 Å². The SMILES string of the molecule is CCC(C)C(C)(O)CNC(=O)c1cc(C)nc2c1c(C)nn2C. The van der Waals surface area contributed by atoms with Crippen LogP contribution >= 0.6 is 0 Å².